The van der Waals surface area contributed by atoms with Gasteiger partial charge in [-0.1, -0.05) is 5.11 Å². The molecule has 0 aliphatic carbocycles. The molecule has 0 spiro atoms. The highest BCUT2D eigenvalue weighted by Crippen LogP contribution is 2.23. The van der Waals surface area contributed by atoms with E-state index in [9.17, 15) is 0 Å². The molecule has 0 radical (unpaired) electrons. The fourth-order valence-electron chi connectivity index (χ4n) is 1.52. The number of thiazole rings is 1. The maximum atomic E-state index is 8.18. The average Bonchev–Trinajstić information content (AvgIpc) is 2.79. The molecule has 0 amide bonds. The van der Waals surface area contributed by atoms with E-state index in [-0.39, 0.29) is 0 Å². The van der Waals surface area contributed by atoms with E-state index in [4.69, 9.17) is 10.3 Å². The van der Waals surface area contributed by atoms with Crippen LogP contribution in [0.3, 0.4) is 0 Å². The SMILES string of the molecule is [N-]=[N+]=NCCc1cnc(N2CCOCC2)s1. The lowest BCUT2D eigenvalue weighted by atomic mass is 10.4. The van der Waals surface area contributed by atoms with Crippen molar-refractivity contribution in [2.24, 2.45) is 5.11 Å². The molecule has 1 aromatic rings. The first-order chi connectivity index (χ1) is 7.90. The zero-order valence-electron chi connectivity index (χ0n) is 8.87. The minimum absolute atomic E-state index is 0.501. The van der Waals surface area contributed by atoms with E-state index in [1.165, 1.54) is 0 Å². The van der Waals surface area contributed by atoms with Crippen LogP contribution in [0.5, 0.6) is 0 Å². The van der Waals surface area contributed by atoms with Crippen molar-refractivity contribution in [2.45, 2.75) is 6.42 Å². The Morgan fingerprint density at radius 2 is 2.38 bits per heavy atom. The van der Waals surface area contributed by atoms with E-state index < -0.39 is 0 Å². The molecule has 1 aliphatic rings. The number of nitrogens with zero attached hydrogens (tertiary/aromatic N) is 5. The van der Waals surface area contributed by atoms with Crippen molar-refractivity contribution < 1.29 is 4.74 Å². The lowest BCUT2D eigenvalue weighted by Gasteiger charge is -2.25. The Kier molecular flexibility index (Phi) is 3.98. The highest BCUT2D eigenvalue weighted by Gasteiger charge is 2.14. The summed E-state index contributed by atoms with van der Waals surface area (Å²) in [7, 11) is 0. The first-order valence-electron chi connectivity index (χ1n) is 5.18. The third-order valence-corrected chi connectivity index (χ3v) is 3.46. The highest BCUT2D eigenvalue weighted by molar-refractivity contribution is 7.15. The molecule has 1 fully saturated rings. The summed E-state index contributed by atoms with van der Waals surface area (Å²) in [6.45, 7) is 3.86. The second kappa shape index (κ2) is 5.69. The molecule has 7 heteroatoms. The van der Waals surface area contributed by atoms with Gasteiger partial charge in [-0.3, -0.25) is 0 Å². The Balaban J connectivity index is 1.92. The second-order valence-electron chi connectivity index (χ2n) is 3.41. The van der Waals surface area contributed by atoms with Crippen LogP contribution in [0.2, 0.25) is 0 Å². The van der Waals surface area contributed by atoms with Gasteiger partial charge in [0.25, 0.3) is 0 Å². The number of rotatable bonds is 4. The number of aromatic nitrogens is 1. The Morgan fingerprint density at radius 1 is 1.56 bits per heavy atom. The Hall–Kier alpha value is -1.30. The smallest absolute Gasteiger partial charge is 0.185 e. The topological polar surface area (TPSA) is 74.1 Å². The molecule has 0 saturated carbocycles. The van der Waals surface area contributed by atoms with Gasteiger partial charge in [0, 0.05) is 35.6 Å². The van der Waals surface area contributed by atoms with E-state index in [0.717, 1.165) is 42.7 Å². The number of hydrogen-bond acceptors (Lipinski definition) is 5. The summed E-state index contributed by atoms with van der Waals surface area (Å²) in [5.74, 6) is 0. The van der Waals surface area contributed by atoms with Gasteiger partial charge in [0.2, 0.25) is 0 Å². The summed E-state index contributed by atoms with van der Waals surface area (Å²) in [5, 5.41) is 4.56. The summed E-state index contributed by atoms with van der Waals surface area (Å²) in [6.07, 6.45) is 2.63. The van der Waals surface area contributed by atoms with Crippen molar-refractivity contribution in [1.82, 2.24) is 4.98 Å². The molecular weight excluding hydrogens is 226 g/mol. The van der Waals surface area contributed by atoms with Crippen LogP contribution in [-0.4, -0.2) is 37.8 Å². The summed E-state index contributed by atoms with van der Waals surface area (Å²) >= 11 is 1.67. The number of anilines is 1. The van der Waals surface area contributed by atoms with Crippen molar-refractivity contribution in [3.05, 3.63) is 21.5 Å². The zero-order valence-corrected chi connectivity index (χ0v) is 9.69. The molecule has 6 nitrogen and oxygen atoms in total. The number of hydrogen-bond donors (Lipinski definition) is 0. The molecule has 0 atom stereocenters. The molecule has 1 saturated heterocycles. The quantitative estimate of drug-likeness (QED) is 0.457. The van der Waals surface area contributed by atoms with Crippen LogP contribution >= 0.6 is 11.3 Å². The maximum Gasteiger partial charge on any atom is 0.185 e. The zero-order chi connectivity index (χ0) is 11.2. The largest absolute Gasteiger partial charge is 0.378 e. The van der Waals surface area contributed by atoms with Crippen molar-refractivity contribution in [1.29, 1.82) is 0 Å². The molecule has 1 aromatic heterocycles. The van der Waals surface area contributed by atoms with Crippen LogP contribution in [-0.2, 0) is 11.2 Å². The molecule has 2 rings (SSSR count). The van der Waals surface area contributed by atoms with Gasteiger partial charge in [0.05, 0.1) is 13.2 Å². The summed E-state index contributed by atoms with van der Waals surface area (Å²) in [4.78, 5) is 10.5. The second-order valence-corrected chi connectivity index (χ2v) is 4.51. The molecule has 1 aliphatic heterocycles. The van der Waals surface area contributed by atoms with Crippen LogP contribution < -0.4 is 4.90 Å². The minimum Gasteiger partial charge on any atom is -0.378 e. The number of azide groups is 1. The average molecular weight is 239 g/mol. The van der Waals surface area contributed by atoms with Crippen LogP contribution in [0.1, 0.15) is 4.88 Å². The molecule has 0 unspecified atom stereocenters. The van der Waals surface area contributed by atoms with Crippen LogP contribution in [0, 0.1) is 0 Å². The van der Waals surface area contributed by atoms with Gasteiger partial charge in [-0.15, -0.1) is 11.3 Å². The molecule has 0 bridgehead atoms. The first kappa shape index (κ1) is 11.2. The molecule has 16 heavy (non-hydrogen) atoms. The van der Waals surface area contributed by atoms with Gasteiger partial charge in [-0.05, 0) is 12.0 Å². The van der Waals surface area contributed by atoms with Crippen molar-refractivity contribution in [3.8, 4) is 0 Å². The third-order valence-electron chi connectivity index (χ3n) is 2.34. The predicted octanol–water partition coefficient (Wildman–Crippen LogP) is 1.83. The van der Waals surface area contributed by atoms with Gasteiger partial charge in [-0.25, -0.2) is 4.98 Å². The van der Waals surface area contributed by atoms with Gasteiger partial charge in [0.15, 0.2) is 5.13 Å². The summed E-state index contributed by atoms with van der Waals surface area (Å²) in [6, 6.07) is 0. The Morgan fingerprint density at radius 3 is 3.12 bits per heavy atom. The first-order valence-corrected chi connectivity index (χ1v) is 6.00. The lowest BCUT2D eigenvalue weighted by molar-refractivity contribution is 0.122. The van der Waals surface area contributed by atoms with Crippen molar-refractivity contribution in [3.63, 3.8) is 0 Å². The van der Waals surface area contributed by atoms with E-state index >= 15 is 0 Å². The standard InChI is InChI=1S/C9H13N5OS/c10-13-12-2-1-8-7-11-9(16-8)14-3-5-15-6-4-14/h7H,1-6H2. The molecule has 0 aromatic carbocycles. The minimum atomic E-state index is 0.501. The van der Waals surface area contributed by atoms with Crippen LogP contribution in [0.25, 0.3) is 10.4 Å². The molecule has 0 N–H and O–H groups in total. The number of morpholine rings is 1. The van der Waals surface area contributed by atoms with E-state index in [1.54, 1.807) is 11.3 Å². The number of ether oxygens (including phenoxy) is 1. The summed E-state index contributed by atoms with van der Waals surface area (Å²) in [5.41, 5.74) is 8.18. The monoisotopic (exact) mass is 239 g/mol. The fraction of sp³-hybridized carbons (Fsp3) is 0.667. The van der Waals surface area contributed by atoms with Crippen molar-refractivity contribution >= 4 is 16.5 Å². The molecule has 86 valence electrons. The lowest BCUT2D eigenvalue weighted by Crippen LogP contribution is -2.36. The predicted molar refractivity (Wildman–Crippen MR) is 62.9 cm³/mol. The van der Waals surface area contributed by atoms with Crippen LogP contribution in [0.15, 0.2) is 11.3 Å². The van der Waals surface area contributed by atoms with Gasteiger partial charge >= 0.3 is 0 Å². The van der Waals surface area contributed by atoms with Gasteiger partial charge in [0.1, 0.15) is 0 Å². The van der Waals surface area contributed by atoms with Gasteiger partial charge < -0.3 is 9.64 Å². The summed E-state index contributed by atoms with van der Waals surface area (Å²) < 4.78 is 5.29. The molecular formula is C9H13N5OS. The third kappa shape index (κ3) is 2.85. The van der Waals surface area contributed by atoms with E-state index in [0.29, 0.717) is 6.54 Å². The fourth-order valence-corrected chi connectivity index (χ4v) is 2.47. The molecule has 2 heterocycles. The van der Waals surface area contributed by atoms with E-state index in [2.05, 4.69) is 19.9 Å². The van der Waals surface area contributed by atoms with Crippen LogP contribution in [0.4, 0.5) is 5.13 Å². The highest BCUT2D eigenvalue weighted by atomic mass is 32.1. The van der Waals surface area contributed by atoms with Gasteiger partial charge in [-0.2, -0.15) is 0 Å². The Labute approximate surface area is 97.5 Å². The van der Waals surface area contributed by atoms with E-state index in [1.807, 2.05) is 6.20 Å². The normalized spacial score (nSPS) is 15.9. The maximum absolute atomic E-state index is 8.18. The van der Waals surface area contributed by atoms with Crippen molar-refractivity contribution in [2.75, 3.05) is 37.7 Å². The Bertz CT molecular complexity index is 381.